The molecule has 0 radical (unpaired) electrons. The number of fused-ring (bicyclic) bond motifs is 2. The topological polar surface area (TPSA) is 257 Å². The Bertz CT molecular complexity index is 1710. The summed E-state index contributed by atoms with van der Waals surface area (Å²) in [6.45, 7) is 0.686. The number of amides is 2. The zero-order valence-corrected chi connectivity index (χ0v) is 23.5. The van der Waals surface area contributed by atoms with Gasteiger partial charge < -0.3 is 52.2 Å². The lowest BCUT2D eigenvalue weighted by atomic mass is 10.0. The Morgan fingerprint density at radius 2 is 1.91 bits per heavy atom. The Morgan fingerprint density at radius 3 is 2.70 bits per heavy atom. The summed E-state index contributed by atoms with van der Waals surface area (Å²) in [5, 5.41) is 40.8. The number of nitrogens with two attached hydrogens (primary N) is 2. The van der Waals surface area contributed by atoms with Crippen LogP contribution in [0.5, 0.6) is 5.75 Å². The Labute approximate surface area is 249 Å². The summed E-state index contributed by atoms with van der Waals surface area (Å²) >= 11 is 0. The molecule has 2 aromatic carbocycles. The molecule has 2 aromatic heterocycles. The molecule has 1 fully saturated rings. The molecule has 2 amide bonds. The number of aliphatic hydroxyl groups excluding tert-OH is 2. The van der Waals surface area contributed by atoms with Gasteiger partial charge in [-0.1, -0.05) is 6.07 Å². The summed E-state index contributed by atoms with van der Waals surface area (Å²) in [5.74, 6) is -0.399. The number of methoxy groups -OCH3 is 1. The lowest BCUT2D eigenvalue weighted by Crippen LogP contribution is -2.37. The van der Waals surface area contributed by atoms with Crippen LogP contribution in [-0.2, 0) is 9.47 Å². The molecule has 10 N–H and O–H groups in total. The number of nitrogen functional groups attached to an aromatic ring is 1. The summed E-state index contributed by atoms with van der Waals surface area (Å²) in [7, 11) is 1.26. The van der Waals surface area contributed by atoms with E-state index >= 15 is 0 Å². The number of benzene rings is 2. The number of hydrogen-bond acceptors (Lipinski definition) is 12. The van der Waals surface area contributed by atoms with E-state index in [1.54, 1.807) is 24.3 Å². The van der Waals surface area contributed by atoms with Crippen molar-refractivity contribution in [3.8, 4) is 5.75 Å². The number of ether oxygens (including phenoxy) is 2. The maximum atomic E-state index is 12.3. The van der Waals surface area contributed by atoms with Crippen LogP contribution in [0.2, 0.25) is 0 Å². The van der Waals surface area contributed by atoms with Gasteiger partial charge in [-0.05, 0) is 36.1 Å². The molecule has 44 heavy (non-hydrogen) atoms. The van der Waals surface area contributed by atoms with E-state index in [0.29, 0.717) is 47.1 Å². The molecular weight excluding hydrogens is 576 g/mol. The summed E-state index contributed by atoms with van der Waals surface area (Å²) < 4.78 is 12.0. The summed E-state index contributed by atoms with van der Waals surface area (Å²) in [5.41, 5.74) is 13.1. The lowest BCUT2D eigenvalue weighted by Gasteiger charge is -2.16. The Morgan fingerprint density at radius 1 is 1.11 bits per heavy atom. The largest absolute Gasteiger partial charge is 0.507 e. The quantitative estimate of drug-likeness (QED) is 0.0530. The van der Waals surface area contributed by atoms with Gasteiger partial charge in [0.2, 0.25) is 0 Å². The Kier molecular flexibility index (Phi) is 8.88. The Balaban J connectivity index is 1.05. The number of rotatable bonds is 9. The molecular formula is C27H32N10O7. The standard InChI is InChI=1S/C27H32N10O7/c1-43-25(41)14-7-13-3-4-15(9-16(13)17(38)8-14)36-27(42)31-6-2-5-30-26(29)32-10-18-20(39)21(40)24(44-18)37-12-35-19-22(28)33-11-34-23(19)37/h3-4,7-9,11-12,18,20-21,24,38-40H,2,5-6,10H2,1H3,(H2,28,33,34)(H3,29,30,32)(H2,31,36,42). The van der Waals surface area contributed by atoms with Crippen LogP contribution in [0.25, 0.3) is 21.9 Å². The van der Waals surface area contributed by atoms with Crippen LogP contribution in [0, 0.1) is 0 Å². The molecule has 1 aliphatic heterocycles. The van der Waals surface area contributed by atoms with Crippen molar-refractivity contribution in [2.24, 2.45) is 10.7 Å². The van der Waals surface area contributed by atoms with Crippen molar-refractivity contribution in [3.63, 3.8) is 0 Å². The highest BCUT2D eigenvalue weighted by molar-refractivity contribution is 6.00. The first kappa shape index (κ1) is 30.2. The highest BCUT2D eigenvalue weighted by atomic mass is 16.6. The number of nitrogens with zero attached hydrogens (tertiary/aromatic N) is 5. The lowest BCUT2D eigenvalue weighted by molar-refractivity contribution is -0.0320. The highest BCUT2D eigenvalue weighted by Crippen LogP contribution is 2.32. The first-order valence-corrected chi connectivity index (χ1v) is 13.5. The van der Waals surface area contributed by atoms with E-state index in [0.717, 1.165) is 0 Å². The molecule has 17 nitrogen and oxygen atoms in total. The van der Waals surface area contributed by atoms with Gasteiger partial charge in [-0.3, -0.25) is 9.56 Å². The van der Waals surface area contributed by atoms with Crippen LogP contribution in [0.15, 0.2) is 48.0 Å². The Hall–Kier alpha value is -5.26. The van der Waals surface area contributed by atoms with Crippen molar-refractivity contribution in [1.82, 2.24) is 30.2 Å². The van der Waals surface area contributed by atoms with E-state index in [9.17, 15) is 24.9 Å². The number of guanidine groups is 1. The molecule has 232 valence electrons. The number of anilines is 2. The third-order valence-electron chi connectivity index (χ3n) is 7.00. The van der Waals surface area contributed by atoms with Crippen molar-refractivity contribution >= 4 is 51.4 Å². The van der Waals surface area contributed by atoms with Crippen LogP contribution in [-0.4, -0.2) is 97.9 Å². The number of aromatic nitrogens is 4. The molecule has 0 spiro atoms. The van der Waals surface area contributed by atoms with E-state index in [-0.39, 0.29) is 29.6 Å². The minimum atomic E-state index is -1.27. The number of hydrogen-bond donors (Lipinski definition) is 8. The van der Waals surface area contributed by atoms with Crippen molar-refractivity contribution in [1.29, 1.82) is 0 Å². The van der Waals surface area contributed by atoms with Gasteiger partial charge in [0.25, 0.3) is 0 Å². The fourth-order valence-electron chi connectivity index (χ4n) is 4.74. The first-order chi connectivity index (χ1) is 21.2. The number of carbonyl (C=O) groups excluding carboxylic acids is 2. The van der Waals surface area contributed by atoms with Gasteiger partial charge in [-0.2, -0.15) is 0 Å². The van der Waals surface area contributed by atoms with Gasteiger partial charge in [-0.25, -0.2) is 24.5 Å². The molecule has 4 atom stereocenters. The van der Waals surface area contributed by atoms with Gasteiger partial charge in [0.05, 0.1) is 25.5 Å². The number of phenolic OH excluding ortho intramolecular Hbond substituents is 1. The van der Waals surface area contributed by atoms with Gasteiger partial charge in [0.15, 0.2) is 23.7 Å². The number of phenols is 1. The molecule has 1 saturated heterocycles. The number of aliphatic hydroxyl groups is 2. The maximum Gasteiger partial charge on any atom is 0.338 e. The van der Waals surface area contributed by atoms with Crippen molar-refractivity contribution in [3.05, 3.63) is 48.5 Å². The molecule has 5 rings (SSSR count). The van der Waals surface area contributed by atoms with Crippen molar-refractivity contribution < 1.29 is 34.4 Å². The number of nitrogens with one attached hydrogen (secondary N) is 3. The molecule has 17 heteroatoms. The average Bonchev–Trinajstić information content (AvgIpc) is 3.56. The van der Waals surface area contributed by atoms with E-state index in [1.807, 2.05) is 0 Å². The fraction of sp³-hybridized carbons (Fsp3) is 0.333. The van der Waals surface area contributed by atoms with Gasteiger partial charge in [0.1, 0.15) is 35.9 Å². The summed E-state index contributed by atoms with van der Waals surface area (Å²) in [4.78, 5) is 40.5. The van der Waals surface area contributed by atoms with Crippen LogP contribution in [0.3, 0.4) is 0 Å². The third-order valence-corrected chi connectivity index (χ3v) is 7.00. The van der Waals surface area contributed by atoms with Gasteiger partial charge in [0, 0.05) is 24.2 Å². The maximum absolute atomic E-state index is 12.3. The SMILES string of the molecule is COC(=O)c1cc(O)c2cc(NC(=O)NCCCNC(N)=NCC3OC(n4cnc5c(N)ncnc54)C(O)C3O)ccc2c1. The van der Waals surface area contributed by atoms with Crippen molar-refractivity contribution in [2.45, 2.75) is 31.0 Å². The smallest absolute Gasteiger partial charge is 0.338 e. The first-order valence-electron chi connectivity index (χ1n) is 13.5. The number of aliphatic imine (C=N–C) groups is 1. The molecule has 0 aliphatic carbocycles. The number of imidazole rings is 1. The molecule has 0 saturated carbocycles. The van der Waals surface area contributed by atoms with E-state index in [4.69, 9.17) is 16.2 Å². The predicted octanol–water partition coefficient (Wildman–Crippen LogP) is -0.211. The number of esters is 1. The predicted molar refractivity (Wildman–Crippen MR) is 159 cm³/mol. The van der Waals surface area contributed by atoms with E-state index in [1.165, 1.54) is 30.4 Å². The highest BCUT2D eigenvalue weighted by Gasteiger charge is 2.44. The van der Waals surface area contributed by atoms with Gasteiger partial charge >= 0.3 is 12.0 Å². The normalized spacial score (nSPS) is 20.1. The fourth-order valence-corrected chi connectivity index (χ4v) is 4.74. The molecule has 4 aromatic rings. The zero-order chi connectivity index (χ0) is 31.4. The molecule has 0 bridgehead atoms. The van der Waals surface area contributed by atoms with Gasteiger partial charge in [-0.15, -0.1) is 0 Å². The summed E-state index contributed by atoms with van der Waals surface area (Å²) in [6.07, 6.45) is -1.12. The van der Waals surface area contributed by atoms with Crippen LogP contribution >= 0.6 is 0 Å². The van der Waals surface area contributed by atoms with E-state index < -0.39 is 36.5 Å². The number of urea groups is 1. The minimum Gasteiger partial charge on any atom is -0.507 e. The molecule has 3 heterocycles. The second kappa shape index (κ2) is 12.9. The second-order valence-electron chi connectivity index (χ2n) is 9.94. The van der Waals surface area contributed by atoms with Crippen LogP contribution in [0.4, 0.5) is 16.3 Å². The molecule has 4 unspecified atom stereocenters. The van der Waals surface area contributed by atoms with Crippen LogP contribution < -0.4 is 27.4 Å². The van der Waals surface area contributed by atoms with Crippen LogP contribution in [0.1, 0.15) is 23.0 Å². The number of aromatic hydroxyl groups is 1. The minimum absolute atomic E-state index is 0.0245. The number of carbonyl (C=O) groups is 2. The monoisotopic (exact) mass is 608 g/mol. The zero-order valence-electron chi connectivity index (χ0n) is 23.5. The molecule has 1 aliphatic rings. The average molecular weight is 609 g/mol. The summed E-state index contributed by atoms with van der Waals surface area (Å²) in [6, 6.07) is 7.36. The van der Waals surface area contributed by atoms with E-state index in [2.05, 4.69) is 40.6 Å². The second-order valence-corrected chi connectivity index (χ2v) is 9.94. The third kappa shape index (κ3) is 6.38. The van der Waals surface area contributed by atoms with Crippen molar-refractivity contribution in [2.75, 3.05) is 37.8 Å².